The van der Waals surface area contributed by atoms with E-state index in [4.69, 9.17) is 9.47 Å². The van der Waals surface area contributed by atoms with E-state index in [1.807, 2.05) is 6.08 Å². The van der Waals surface area contributed by atoms with Crippen LogP contribution in [0.1, 0.15) is 296 Å². The lowest BCUT2D eigenvalue weighted by atomic mass is 9.99. The van der Waals surface area contributed by atoms with E-state index >= 15 is 0 Å². The van der Waals surface area contributed by atoms with E-state index in [0.29, 0.717) is 6.42 Å². The van der Waals surface area contributed by atoms with Crippen LogP contribution in [0.4, 0.5) is 0 Å². The molecule has 0 radical (unpaired) electrons. The van der Waals surface area contributed by atoms with Gasteiger partial charge in [0.25, 0.3) is 0 Å². The molecule has 69 heavy (non-hydrogen) atoms. The van der Waals surface area contributed by atoms with Crippen LogP contribution in [0.3, 0.4) is 0 Å². The summed E-state index contributed by atoms with van der Waals surface area (Å²) < 4.78 is 11.3. The molecule has 7 unspecified atom stereocenters. The van der Waals surface area contributed by atoms with Crippen LogP contribution in [0.5, 0.6) is 0 Å². The Morgan fingerprint density at radius 2 is 0.826 bits per heavy atom. The monoisotopic (exact) mass is 978 g/mol. The summed E-state index contributed by atoms with van der Waals surface area (Å²) in [5.41, 5.74) is 0. The van der Waals surface area contributed by atoms with Gasteiger partial charge in [-0.1, -0.05) is 282 Å². The lowest BCUT2D eigenvalue weighted by molar-refractivity contribution is -0.302. The van der Waals surface area contributed by atoms with Crippen molar-refractivity contribution in [1.82, 2.24) is 5.32 Å². The van der Waals surface area contributed by atoms with Crippen molar-refractivity contribution < 1.29 is 39.8 Å². The number of aliphatic hydroxyl groups is 5. The molecule has 1 aliphatic heterocycles. The number of carbonyl (C=O) groups is 1. The van der Waals surface area contributed by atoms with Crippen LogP contribution in [0.2, 0.25) is 0 Å². The molecule has 0 saturated carbocycles. The maximum absolute atomic E-state index is 13.1. The zero-order valence-corrected chi connectivity index (χ0v) is 45.3. The van der Waals surface area contributed by atoms with Crippen molar-refractivity contribution in [3.8, 4) is 0 Å². The zero-order valence-electron chi connectivity index (χ0n) is 45.3. The van der Waals surface area contributed by atoms with Crippen LogP contribution in [0.15, 0.2) is 24.3 Å². The Labute approximate surface area is 426 Å². The number of carbonyl (C=O) groups excluding carboxylic acids is 1. The Balaban J connectivity index is 2.22. The normalized spacial score (nSPS) is 19.6. The molecule has 0 aromatic carbocycles. The highest BCUT2D eigenvalue weighted by Crippen LogP contribution is 2.23. The highest BCUT2D eigenvalue weighted by molar-refractivity contribution is 5.76. The standard InChI is InChI=1S/C60H115NO8/c1-3-5-7-9-11-13-15-17-19-21-23-25-26-27-28-29-30-31-33-35-37-39-41-43-45-47-49-54(63)53(52-68-60-59(67)58(66)57(65)55(51-62)69-60)61-56(64)50-48-46-44-42-40-38-36-34-32-24-22-20-18-16-14-12-10-8-6-4-2/h39,41,47,49,53-55,57-60,62-63,65-67H,3-38,40,42-46,48,50-52H2,1-2H3,(H,61,64)/b41-39+,49-47+. The fourth-order valence-electron chi connectivity index (χ4n) is 9.76. The van der Waals surface area contributed by atoms with E-state index < -0.39 is 49.5 Å². The number of rotatable bonds is 52. The molecule has 408 valence electrons. The minimum atomic E-state index is -1.57. The van der Waals surface area contributed by atoms with Crippen molar-refractivity contribution in [1.29, 1.82) is 0 Å². The first-order valence-corrected chi connectivity index (χ1v) is 30.1. The van der Waals surface area contributed by atoms with Crippen LogP contribution in [-0.4, -0.2) is 87.5 Å². The summed E-state index contributed by atoms with van der Waals surface area (Å²) in [4.78, 5) is 13.1. The first-order valence-electron chi connectivity index (χ1n) is 30.1. The quantitative estimate of drug-likeness (QED) is 0.0261. The van der Waals surface area contributed by atoms with Gasteiger partial charge in [0.05, 0.1) is 25.4 Å². The zero-order chi connectivity index (χ0) is 50.1. The molecule has 0 bridgehead atoms. The lowest BCUT2D eigenvalue weighted by Crippen LogP contribution is -2.60. The first kappa shape index (κ1) is 65.7. The lowest BCUT2D eigenvalue weighted by Gasteiger charge is -2.40. The fraction of sp³-hybridized carbons (Fsp3) is 0.917. The van der Waals surface area contributed by atoms with Gasteiger partial charge in [0.15, 0.2) is 6.29 Å². The molecule has 0 aliphatic carbocycles. The van der Waals surface area contributed by atoms with Crippen LogP contribution in [0.25, 0.3) is 0 Å². The van der Waals surface area contributed by atoms with Gasteiger partial charge in [-0.3, -0.25) is 4.79 Å². The molecule has 0 spiro atoms. The summed E-state index contributed by atoms with van der Waals surface area (Å²) in [6.07, 6.45) is 56.8. The molecule has 1 rings (SSSR count). The van der Waals surface area contributed by atoms with Crippen molar-refractivity contribution in [2.24, 2.45) is 0 Å². The third kappa shape index (κ3) is 39.8. The van der Waals surface area contributed by atoms with Gasteiger partial charge in [-0.15, -0.1) is 0 Å². The average molecular weight is 979 g/mol. The summed E-state index contributed by atoms with van der Waals surface area (Å²) in [7, 11) is 0. The molecule has 0 aromatic rings. The topological polar surface area (TPSA) is 149 Å². The van der Waals surface area contributed by atoms with E-state index in [0.717, 1.165) is 38.5 Å². The van der Waals surface area contributed by atoms with Gasteiger partial charge in [-0.05, 0) is 32.1 Å². The summed E-state index contributed by atoms with van der Waals surface area (Å²) in [6.45, 7) is 3.81. The van der Waals surface area contributed by atoms with Crippen LogP contribution < -0.4 is 5.32 Å². The van der Waals surface area contributed by atoms with Gasteiger partial charge < -0.3 is 40.3 Å². The smallest absolute Gasteiger partial charge is 0.220 e. The molecule has 9 heteroatoms. The summed E-state index contributed by atoms with van der Waals surface area (Å²) in [5, 5.41) is 54.5. The summed E-state index contributed by atoms with van der Waals surface area (Å²) >= 11 is 0. The first-order chi connectivity index (χ1) is 33.8. The Morgan fingerprint density at radius 1 is 0.478 bits per heavy atom. The van der Waals surface area contributed by atoms with Gasteiger partial charge in [-0.2, -0.15) is 0 Å². The van der Waals surface area contributed by atoms with E-state index in [-0.39, 0.29) is 12.5 Å². The SMILES string of the molecule is CCCCCCCCCCCCCCCCCCCCCC/C=C/CC/C=C/C(O)C(COC1OC(CO)C(O)C(O)C1O)NC(=O)CCCCCCCCCCCCCCCCCCCCCC. The molecule has 1 saturated heterocycles. The predicted octanol–water partition coefficient (Wildman–Crippen LogP) is 15.0. The third-order valence-electron chi connectivity index (χ3n) is 14.5. The van der Waals surface area contributed by atoms with Crippen molar-refractivity contribution in [2.75, 3.05) is 13.2 Å². The minimum Gasteiger partial charge on any atom is -0.394 e. The van der Waals surface area contributed by atoms with Crippen molar-refractivity contribution in [2.45, 2.75) is 339 Å². The molecule has 0 aromatic heterocycles. The fourth-order valence-corrected chi connectivity index (χ4v) is 9.76. The van der Waals surface area contributed by atoms with Gasteiger partial charge in [0.1, 0.15) is 24.4 Å². The van der Waals surface area contributed by atoms with Crippen LogP contribution >= 0.6 is 0 Å². The molecule has 6 N–H and O–H groups in total. The maximum Gasteiger partial charge on any atom is 0.220 e. The number of hydrogen-bond acceptors (Lipinski definition) is 8. The van der Waals surface area contributed by atoms with E-state index in [1.165, 1.54) is 238 Å². The maximum atomic E-state index is 13.1. The van der Waals surface area contributed by atoms with E-state index in [1.54, 1.807) is 6.08 Å². The Bertz CT molecular complexity index is 1130. The molecule has 7 atom stereocenters. The van der Waals surface area contributed by atoms with E-state index in [9.17, 15) is 30.3 Å². The second kappa shape index (κ2) is 50.2. The highest BCUT2D eigenvalue weighted by Gasteiger charge is 2.44. The molecular formula is C60H115NO8. The van der Waals surface area contributed by atoms with Gasteiger partial charge >= 0.3 is 0 Å². The van der Waals surface area contributed by atoms with Crippen LogP contribution in [0, 0.1) is 0 Å². The molecular weight excluding hydrogens is 863 g/mol. The summed E-state index contributed by atoms with van der Waals surface area (Å²) in [5.74, 6) is -0.180. The third-order valence-corrected chi connectivity index (χ3v) is 14.5. The van der Waals surface area contributed by atoms with Crippen molar-refractivity contribution >= 4 is 5.91 Å². The minimum absolute atomic E-state index is 0.180. The number of aliphatic hydroxyl groups excluding tert-OH is 5. The Kier molecular flexibility index (Phi) is 47.8. The van der Waals surface area contributed by atoms with Crippen LogP contribution in [-0.2, 0) is 14.3 Å². The van der Waals surface area contributed by atoms with Crippen molar-refractivity contribution in [3.63, 3.8) is 0 Å². The number of unbranched alkanes of at least 4 members (excludes halogenated alkanes) is 40. The molecule has 1 aliphatic rings. The van der Waals surface area contributed by atoms with Gasteiger partial charge in [0.2, 0.25) is 5.91 Å². The number of ether oxygens (including phenoxy) is 2. The Hall–Kier alpha value is -1.33. The largest absolute Gasteiger partial charge is 0.394 e. The number of nitrogens with one attached hydrogen (secondary N) is 1. The Morgan fingerprint density at radius 3 is 1.22 bits per heavy atom. The molecule has 1 heterocycles. The van der Waals surface area contributed by atoms with E-state index in [2.05, 4.69) is 31.3 Å². The highest BCUT2D eigenvalue weighted by atomic mass is 16.7. The predicted molar refractivity (Wildman–Crippen MR) is 290 cm³/mol. The molecule has 1 amide bonds. The van der Waals surface area contributed by atoms with Crippen molar-refractivity contribution in [3.05, 3.63) is 24.3 Å². The van der Waals surface area contributed by atoms with Gasteiger partial charge in [-0.25, -0.2) is 0 Å². The number of amides is 1. The molecule has 9 nitrogen and oxygen atoms in total. The number of hydrogen-bond donors (Lipinski definition) is 6. The number of allylic oxidation sites excluding steroid dienone is 3. The van der Waals surface area contributed by atoms with Gasteiger partial charge in [0, 0.05) is 6.42 Å². The average Bonchev–Trinajstić information content (AvgIpc) is 3.35. The second-order valence-electron chi connectivity index (χ2n) is 21.1. The summed E-state index contributed by atoms with van der Waals surface area (Å²) in [6, 6.07) is -0.819. The molecule has 1 fully saturated rings. The second-order valence-corrected chi connectivity index (χ2v) is 21.1.